The summed E-state index contributed by atoms with van der Waals surface area (Å²) in [6, 6.07) is 13.4. The molecule has 1 amide bonds. The Balaban J connectivity index is 1.79. The van der Waals surface area contributed by atoms with E-state index in [1.54, 1.807) is 12.1 Å². The fourth-order valence-corrected chi connectivity index (χ4v) is 3.73. The van der Waals surface area contributed by atoms with E-state index >= 15 is 0 Å². The Morgan fingerprint density at radius 1 is 1.25 bits per heavy atom. The maximum Gasteiger partial charge on any atom is 0.276 e. The first-order chi connectivity index (χ1) is 13.6. The molecule has 2 aliphatic rings. The summed E-state index contributed by atoms with van der Waals surface area (Å²) in [6.07, 6.45) is 5.36. The summed E-state index contributed by atoms with van der Waals surface area (Å²) in [5.74, 6) is 0.619. The number of amides is 1. The van der Waals surface area contributed by atoms with Crippen molar-refractivity contribution in [1.82, 2.24) is 10.3 Å². The molecule has 8 heteroatoms. The third kappa shape index (κ3) is 3.57. The number of fused-ring (bicyclic) bond motifs is 2. The van der Waals surface area contributed by atoms with Crippen molar-refractivity contribution in [2.24, 2.45) is 10.1 Å². The highest BCUT2D eigenvalue weighted by molar-refractivity contribution is 9.10. The number of nitrogens with zero attached hydrogens (tertiary/aromatic N) is 3. The lowest BCUT2D eigenvalue weighted by molar-refractivity contribution is -0.116. The number of amidine groups is 1. The van der Waals surface area contributed by atoms with Gasteiger partial charge in [-0.15, -0.1) is 5.10 Å². The van der Waals surface area contributed by atoms with Crippen molar-refractivity contribution in [3.8, 4) is 5.75 Å². The van der Waals surface area contributed by atoms with Crippen LogP contribution in [0.4, 0.5) is 0 Å². The Bertz CT molecular complexity index is 1110. The van der Waals surface area contributed by atoms with E-state index < -0.39 is 6.17 Å². The highest BCUT2D eigenvalue weighted by Crippen LogP contribution is 2.22. The second-order valence-corrected chi connectivity index (χ2v) is 7.80. The average Bonchev–Trinajstić information content (AvgIpc) is 2.72. The zero-order chi connectivity index (χ0) is 19.7. The number of rotatable bonds is 3. The van der Waals surface area contributed by atoms with Gasteiger partial charge in [-0.1, -0.05) is 45.9 Å². The van der Waals surface area contributed by atoms with Gasteiger partial charge in [0.05, 0.1) is 12.5 Å². The molecule has 0 bridgehead atoms. The van der Waals surface area contributed by atoms with Crippen LogP contribution < -0.4 is 20.6 Å². The molecule has 2 aliphatic heterocycles. The lowest BCUT2D eigenvalue weighted by atomic mass is 10.1. The third-order valence-electron chi connectivity index (χ3n) is 4.37. The maximum absolute atomic E-state index is 12.8. The number of carbonyl (C=O) groups is 1. The Labute approximate surface area is 174 Å². The number of ether oxygens (including phenoxy) is 1. The molecule has 1 unspecified atom stereocenters. The van der Waals surface area contributed by atoms with Crippen molar-refractivity contribution in [3.05, 3.63) is 69.2 Å². The van der Waals surface area contributed by atoms with Crippen molar-refractivity contribution < 1.29 is 9.53 Å². The standard InChI is InChI=1S/C20H17BrN4O2S/c1-27-14-7-3-12(4-8-14)5-10-17-22-16-9-6-13(21)11-15(16)18-19(26)23-20(28-2)24-25(17)18/h3-11,17H,1-2H3,(H,23,24,26)/b10-5+. The van der Waals surface area contributed by atoms with Gasteiger partial charge in [0.15, 0.2) is 11.3 Å². The van der Waals surface area contributed by atoms with Gasteiger partial charge in [0.1, 0.15) is 11.4 Å². The van der Waals surface area contributed by atoms with Crippen molar-refractivity contribution in [2.45, 2.75) is 6.17 Å². The van der Waals surface area contributed by atoms with E-state index in [0.29, 0.717) is 10.9 Å². The van der Waals surface area contributed by atoms with Crippen LogP contribution in [0.25, 0.3) is 11.8 Å². The van der Waals surface area contributed by atoms with Gasteiger partial charge >= 0.3 is 0 Å². The number of hydrazone groups is 1. The first-order valence-corrected chi connectivity index (χ1v) is 10.5. The number of thioether (sulfide) groups is 1. The van der Waals surface area contributed by atoms with E-state index in [-0.39, 0.29) is 5.91 Å². The minimum atomic E-state index is -0.418. The lowest BCUT2D eigenvalue weighted by Gasteiger charge is -2.32. The number of carbonyl (C=O) groups excluding carboxylic acids is 1. The summed E-state index contributed by atoms with van der Waals surface area (Å²) in [6.45, 7) is 0. The Morgan fingerprint density at radius 2 is 2.04 bits per heavy atom. The largest absolute Gasteiger partial charge is 0.497 e. The molecule has 0 radical (unpaired) electrons. The third-order valence-corrected chi connectivity index (χ3v) is 5.43. The number of methoxy groups -OCH3 is 1. The van der Waals surface area contributed by atoms with Crippen LogP contribution in [0.1, 0.15) is 5.56 Å². The van der Waals surface area contributed by atoms with Gasteiger partial charge in [-0.25, -0.2) is 5.01 Å². The van der Waals surface area contributed by atoms with Gasteiger partial charge in [0.2, 0.25) is 0 Å². The first-order valence-electron chi connectivity index (χ1n) is 8.52. The molecule has 2 heterocycles. The SMILES string of the molecule is COc1ccc(/C=C/C2N=c3ccc(Br)cc3=C3C(=O)NC(SC)=NN32)cc1. The van der Waals surface area contributed by atoms with Crippen LogP contribution in [0.5, 0.6) is 5.75 Å². The summed E-state index contributed by atoms with van der Waals surface area (Å²) in [5, 5.41) is 11.2. The Kier molecular flexibility index (Phi) is 5.23. The summed E-state index contributed by atoms with van der Waals surface area (Å²) in [7, 11) is 1.64. The van der Waals surface area contributed by atoms with Gasteiger partial charge < -0.3 is 4.74 Å². The molecular weight excluding hydrogens is 440 g/mol. The normalized spacial score (nSPS) is 18.2. The highest BCUT2D eigenvalue weighted by Gasteiger charge is 2.32. The molecule has 142 valence electrons. The predicted molar refractivity (Wildman–Crippen MR) is 115 cm³/mol. The van der Waals surface area contributed by atoms with Crippen LogP contribution in [0.2, 0.25) is 0 Å². The average molecular weight is 457 g/mol. The van der Waals surface area contributed by atoms with Crippen molar-refractivity contribution in [3.63, 3.8) is 0 Å². The summed E-state index contributed by atoms with van der Waals surface area (Å²) in [4.78, 5) is 17.6. The molecule has 4 rings (SSSR count). The monoisotopic (exact) mass is 456 g/mol. The topological polar surface area (TPSA) is 66.3 Å². The van der Waals surface area contributed by atoms with Crippen LogP contribution in [0.15, 0.2) is 63.1 Å². The van der Waals surface area contributed by atoms with Gasteiger partial charge in [-0.2, -0.15) is 0 Å². The highest BCUT2D eigenvalue weighted by atomic mass is 79.9. The Hall–Kier alpha value is -2.58. The Morgan fingerprint density at radius 3 is 2.75 bits per heavy atom. The molecular formula is C20H17BrN4O2S. The number of benzene rings is 2. The molecule has 0 saturated heterocycles. The number of hydrogen-bond acceptors (Lipinski definition) is 6. The number of nitrogens with one attached hydrogen (secondary N) is 1. The smallest absolute Gasteiger partial charge is 0.276 e. The zero-order valence-corrected chi connectivity index (χ0v) is 17.6. The van der Waals surface area contributed by atoms with Gasteiger partial charge in [-0.3, -0.25) is 15.1 Å². The van der Waals surface area contributed by atoms with Gasteiger partial charge in [0, 0.05) is 9.69 Å². The molecule has 2 aromatic carbocycles. The minimum Gasteiger partial charge on any atom is -0.497 e. The van der Waals surface area contributed by atoms with E-state index in [4.69, 9.17) is 9.73 Å². The van der Waals surface area contributed by atoms with Crippen LogP contribution >= 0.6 is 27.7 Å². The molecule has 0 fully saturated rings. The molecule has 0 aliphatic carbocycles. The molecule has 1 N–H and O–H groups in total. The predicted octanol–water partition coefficient (Wildman–Crippen LogP) is 2.30. The molecule has 2 aromatic rings. The summed E-state index contributed by atoms with van der Waals surface area (Å²) >= 11 is 4.86. The second kappa shape index (κ2) is 7.81. The van der Waals surface area contributed by atoms with Gasteiger partial charge in [0.25, 0.3) is 5.91 Å². The first kappa shape index (κ1) is 18.8. The van der Waals surface area contributed by atoms with Crippen LogP contribution in [0.3, 0.4) is 0 Å². The van der Waals surface area contributed by atoms with Crippen molar-refractivity contribution in [1.29, 1.82) is 0 Å². The molecule has 0 spiro atoms. The lowest BCUT2D eigenvalue weighted by Crippen LogP contribution is -2.52. The van der Waals surface area contributed by atoms with Crippen LogP contribution in [-0.4, -0.2) is 35.6 Å². The minimum absolute atomic E-state index is 0.184. The molecule has 6 nitrogen and oxygen atoms in total. The van der Waals surface area contributed by atoms with E-state index in [1.165, 1.54) is 11.8 Å². The zero-order valence-electron chi connectivity index (χ0n) is 15.2. The molecule has 0 aromatic heterocycles. The van der Waals surface area contributed by atoms with Crippen LogP contribution in [-0.2, 0) is 4.79 Å². The molecule has 28 heavy (non-hydrogen) atoms. The van der Waals surface area contributed by atoms with E-state index in [0.717, 1.165) is 26.4 Å². The number of halogens is 1. The van der Waals surface area contributed by atoms with E-state index in [2.05, 4.69) is 26.3 Å². The summed E-state index contributed by atoms with van der Waals surface area (Å²) in [5.41, 5.74) is 1.50. The quantitative estimate of drug-likeness (QED) is 0.769. The fourth-order valence-electron chi connectivity index (χ4n) is 3.01. The molecule has 1 atom stereocenters. The number of hydrogen-bond donors (Lipinski definition) is 1. The van der Waals surface area contributed by atoms with Gasteiger partial charge in [-0.05, 0) is 48.2 Å². The molecule has 0 saturated carbocycles. The maximum atomic E-state index is 12.8. The van der Waals surface area contributed by atoms with Crippen molar-refractivity contribution in [2.75, 3.05) is 13.4 Å². The van der Waals surface area contributed by atoms with E-state index in [1.807, 2.05) is 60.9 Å². The fraction of sp³-hybridized carbons (Fsp3) is 0.150. The van der Waals surface area contributed by atoms with Crippen LogP contribution in [0, 0.1) is 0 Å². The van der Waals surface area contributed by atoms with Crippen molar-refractivity contribution >= 4 is 50.5 Å². The second-order valence-electron chi connectivity index (χ2n) is 6.09. The summed E-state index contributed by atoms with van der Waals surface area (Å²) < 4.78 is 6.08. The van der Waals surface area contributed by atoms with E-state index in [9.17, 15) is 4.79 Å².